The van der Waals surface area contributed by atoms with Gasteiger partial charge in [-0.2, -0.15) is 11.8 Å². The zero-order valence-electron chi connectivity index (χ0n) is 28.8. The minimum atomic E-state index is -0.352. The number of aliphatic hydroxyl groups is 1. The van der Waals surface area contributed by atoms with Gasteiger partial charge in [-0.05, 0) is 90.5 Å². The van der Waals surface area contributed by atoms with Crippen LogP contribution in [-0.2, 0) is 12.8 Å². The predicted octanol–water partition coefficient (Wildman–Crippen LogP) is 7.39. The van der Waals surface area contributed by atoms with Crippen molar-refractivity contribution < 1.29 is 24.1 Å². The van der Waals surface area contributed by atoms with Crippen molar-refractivity contribution in [3.63, 3.8) is 0 Å². The maximum atomic E-state index is 11.2. The zero-order chi connectivity index (χ0) is 31.4. The summed E-state index contributed by atoms with van der Waals surface area (Å²) < 4.78 is 22.9. The second kappa shape index (κ2) is 17.7. The van der Waals surface area contributed by atoms with E-state index < -0.39 is 0 Å². The largest absolute Gasteiger partial charge is 0.493 e. The van der Waals surface area contributed by atoms with E-state index in [1.807, 2.05) is 11.8 Å². The van der Waals surface area contributed by atoms with Gasteiger partial charge >= 0.3 is 0 Å². The fourth-order valence-corrected chi connectivity index (χ4v) is 8.73. The van der Waals surface area contributed by atoms with Gasteiger partial charge < -0.3 is 24.1 Å². The number of fused-ring (bicyclic) bond motifs is 4. The molecule has 7 nitrogen and oxygen atoms in total. The molecule has 10 heteroatoms. The number of ether oxygens (including phenoxy) is 4. The number of β-amino-alcohol motifs (C(OH)–C–C–N with tert-alkyl or cyclic N) is 1. The van der Waals surface area contributed by atoms with Crippen molar-refractivity contribution in [2.75, 3.05) is 60.4 Å². The first kappa shape index (κ1) is 38.9. The van der Waals surface area contributed by atoms with Crippen molar-refractivity contribution in [3.05, 3.63) is 46.5 Å². The molecular formula is C36H56Cl2N2O5S. The molecule has 3 aliphatic heterocycles. The Kier molecular flexibility index (Phi) is 15.0. The van der Waals surface area contributed by atoms with Crippen molar-refractivity contribution in [1.82, 2.24) is 9.80 Å². The molecule has 0 bridgehead atoms. The monoisotopic (exact) mass is 698 g/mol. The fourth-order valence-electron chi connectivity index (χ4n) is 7.83. The van der Waals surface area contributed by atoms with Crippen LogP contribution in [0, 0.1) is 11.8 Å². The van der Waals surface area contributed by atoms with Crippen LogP contribution in [0.25, 0.3) is 0 Å². The topological polar surface area (TPSA) is 63.6 Å². The summed E-state index contributed by atoms with van der Waals surface area (Å²) in [6, 6.07) is 9.44. The van der Waals surface area contributed by atoms with E-state index in [1.54, 1.807) is 28.4 Å². The van der Waals surface area contributed by atoms with Gasteiger partial charge in [0.2, 0.25) is 0 Å². The van der Waals surface area contributed by atoms with E-state index in [9.17, 15) is 5.11 Å². The maximum Gasteiger partial charge on any atom is 0.161 e. The molecule has 2 aromatic rings. The lowest BCUT2D eigenvalue weighted by molar-refractivity contribution is 0.0233. The quantitative estimate of drug-likeness (QED) is 0.232. The molecule has 0 aromatic heterocycles. The van der Waals surface area contributed by atoms with Crippen molar-refractivity contribution in [1.29, 1.82) is 0 Å². The average molecular weight is 700 g/mol. The van der Waals surface area contributed by atoms with E-state index in [-0.39, 0.29) is 37.0 Å². The molecule has 0 radical (unpaired) electrons. The number of hydrogen-bond donors (Lipinski definition) is 1. The Labute approximate surface area is 293 Å². The summed E-state index contributed by atoms with van der Waals surface area (Å²) in [5, 5.41) is 11.8. The summed E-state index contributed by atoms with van der Waals surface area (Å²) in [5.74, 6) is 5.19. The summed E-state index contributed by atoms with van der Waals surface area (Å²) in [7, 11) is 6.90. The molecule has 0 spiro atoms. The molecule has 2 aromatic carbocycles. The Balaban J connectivity index is 0.00000288. The Morgan fingerprint density at radius 1 is 0.826 bits per heavy atom. The van der Waals surface area contributed by atoms with E-state index in [4.69, 9.17) is 18.9 Å². The molecule has 0 saturated carbocycles. The van der Waals surface area contributed by atoms with Gasteiger partial charge in [0.1, 0.15) is 0 Å². The predicted molar refractivity (Wildman–Crippen MR) is 194 cm³/mol. The number of rotatable bonds is 13. The first-order chi connectivity index (χ1) is 21.3. The van der Waals surface area contributed by atoms with E-state index in [0.29, 0.717) is 29.7 Å². The fraction of sp³-hybridized carbons (Fsp3) is 0.667. The Morgan fingerprint density at radius 3 is 1.98 bits per heavy atom. The van der Waals surface area contributed by atoms with Gasteiger partial charge in [-0.3, -0.25) is 9.80 Å². The number of nitrogens with zero attached hydrogens (tertiary/aromatic N) is 2. The van der Waals surface area contributed by atoms with Crippen LogP contribution in [0.15, 0.2) is 24.3 Å². The summed E-state index contributed by atoms with van der Waals surface area (Å²) in [4.78, 5) is 5.28. The molecule has 6 atom stereocenters. The molecule has 46 heavy (non-hydrogen) atoms. The van der Waals surface area contributed by atoms with Crippen molar-refractivity contribution in [2.45, 2.75) is 82.7 Å². The van der Waals surface area contributed by atoms with Crippen molar-refractivity contribution >= 4 is 36.6 Å². The third-order valence-electron chi connectivity index (χ3n) is 10.5. The normalized spacial score (nSPS) is 23.8. The van der Waals surface area contributed by atoms with Crippen LogP contribution in [0.2, 0.25) is 0 Å². The van der Waals surface area contributed by atoms with Crippen LogP contribution in [-0.4, -0.2) is 86.6 Å². The highest BCUT2D eigenvalue weighted by molar-refractivity contribution is 7.99. The van der Waals surface area contributed by atoms with Gasteiger partial charge in [0.25, 0.3) is 0 Å². The molecular weight excluding hydrogens is 643 g/mol. The Morgan fingerprint density at radius 2 is 1.39 bits per heavy atom. The van der Waals surface area contributed by atoms with Crippen molar-refractivity contribution in [3.8, 4) is 23.0 Å². The number of piperidine rings is 1. The van der Waals surface area contributed by atoms with Crippen LogP contribution in [0.3, 0.4) is 0 Å². The van der Waals surface area contributed by atoms with Crippen LogP contribution < -0.4 is 18.9 Å². The molecule has 0 aliphatic carbocycles. The maximum absolute atomic E-state index is 11.2. The van der Waals surface area contributed by atoms with Gasteiger partial charge in [0.15, 0.2) is 23.0 Å². The first-order valence-electron chi connectivity index (χ1n) is 16.6. The van der Waals surface area contributed by atoms with Gasteiger partial charge in [0, 0.05) is 49.3 Å². The summed E-state index contributed by atoms with van der Waals surface area (Å²) in [5.41, 5.74) is 5.47. The lowest BCUT2D eigenvalue weighted by Gasteiger charge is -2.49. The van der Waals surface area contributed by atoms with E-state index in [2.05, 4.69) is 54.8 Å². The molecule has 1 fully saturated rings. The molecule has 1 N–H and O–H groups in total. The third-order valence-corrected chi connectivity index (χ3v) is 12.0. The number of aliphatic hydroxyl groups excluding tert-OH is 1. The second-order valence-electron chi connectivity index (χ2n) is 12.9. The average Bonchev–Trinajstić information content (AvgIpc) is 3.06. The minimum Gasteiger partial charge on any atom is -0.493 e. The van der Waals surface area contributed by atoms with E-state index in [1.165, 1.54) is 28.7 Å². The van der Waals surface area contributed by atoms with E-state index >= 15 is 0 Å². The van der Waals surface area contributed by atoms with Crippen LogP contribution >= 0.6 is 36.6 Å². The highest BCUT2D eigenvalue weighted by Crippen LogP contribution is 2.49. The molecule has 3 heterocycles. The van der Waals surface area contributed by atoms with Crippen LogP contribution in [0.1, 0.15) is 80.8 Å². The number of methoxy groups -OCH3 is 4. The summed E-state index contributed by atoms with van der Waals surface area (Å²) >= 11 is 1.88. The SMILES string of the molecule is CCC(C)SCC(O)CN1CCc2cc(OC)c(OC)cc2C1CC1CC2c3cc(OC)c(OC)cc3CCN2CC1CC.Cl.Cl. The van der Waals surface area contributed by atoms with Gasteiger partial charge in [-0.15, -0.1) is 24.8 Å². The van der Waals surface area contributed by atoms with Gasteiger partial charge in [-0.25, -0.2) is 0 Å². The molecule has 0 amide bonds. The van der Waals surface area contributed by atoms with Crippen LogP contribution in [0.5, 0.6) is 23.0 Å². The molecule has 3 aliphatic rings. The van der Waals surface area contributed by atoms with Gasteiger partial charge in [0.05, 0.1) is 34.5 Å². The Hall–Kier alpha value is -1.55. The first-order valence-corrected chi connectivity index (χ1v) is 17.7. The lowest BCUT2D eigenvalue weighted by atomic mass is 9.72. The molecule has 260 valence electrons. The summed E-state index contributed by atoms with van der Waals surface area (Å²) in [6.07, 6.45) is 6.13. The molecule has 6 unspecified atom stereocenters. The van der Waals surface area contributed by atoms with E-state index in [0.717, 1.165) is 80.5 Å². The van der Waals surface area contributed by atoms with Crippen molar-refractivity contribution in [2.24, 2.45) is 11.8 Å². The van der Waals surface area contributed by atoms with Crippen LogP contribution in [0.4, 0.5) is 0 Å². The third kappa shape index (κ3) is 8.35. The number of hydrogen-bond acceptors (Lipinski definition) is 8. The summed E-state index contributed by atoms with van der Waals surface area (Å²) in [6.45, 7) is 10.7. The lowest BCUT2D eigenvalue weighted by Crippen LogP contribution is -2.47. The number of halogens is 2. The number of benzene rings is 2. The Bertz CT molecular complexity index is 1270. The standard InChI is InChI=1S/C36H54N2O5S.2ClH/c1-8-23(3)44-22-28(39)21-38-13-11-26-17-34(41-5)36(43-7)19-30(26)32(38)15-27-14-31-29-18-35(42-6)33(40-4)16-25(29)10-12-37(31)20-24(27)9-2;;/h16-19,23-24,27-28,31-32,39H,8-15,20-22H2,1-7H3;2*1H. The highest BCUT2D eigenvalue weighted by atomic mass is 35.5. The smallest absolute Gasteiger partial charge is 0.161 e. The molecule has 1 saturated heterocycles. The molecule has 5 rings (SSSR count). The minimum absolute atomic E-state index is 0. The van der Waals surface area contributed by atoms with Gasteiger partial charge in [-0.1, -0.05) is 27.2 Å². The number of thioether (sulfide) groups is 1. The zero-order valence-corrected chi connectivity index (χ0v) is 31.2. The highest BCUT2D eigenvalue weighted by Gasteiger charge is 2.41. The second-order valence-corrected chi connectivity index (χ2v) is 14.4.